The van der Waals surface area contributed by atoms with Crippen molar-refractivity contribution in [2.24, 2.45) is 5.41 Å². The van der Waals surface area contributed by atoms with Crippen LogP contribution in [0.2, 0.25) is 0 Å². The van der Waals surface area contributed by atoms with Crippen LogP contribution in [0.3, 0.4) is 0 Å². The second kappa shape index (κ2) is 6.12. The molecule has 0 atom stereocenters. The predicted molar refractivity (Wildman–Crippen MR) is 68.7 cm³/mol. The van der Waals surface area contributed by atoms with Crippen LogP contribution in [0.5, 0.6) is 0 Å². The minimum Gasteiger partial charge on any atom is -0.322 e. The van der Waals surface area contributed by atoms with Gasteiger partial charge in [0.2, 0.25) is 5.91 Å². The Labute approximate surface area is 119 Å². The maximum Gasteiger partial charge on any atom is 0.416 e. The number of anilines is 1. The first-order valence-electron chi connectivity index (χ1n) is 6.29. The molecule has 7 heteroatoms. The topological polar surface area (TPSA) is 52.9 Å². The maximum atomic E-state index is 13.6. The van der Waals surface area contributed by atoms with Gasteiger partial charge in [-0.15, -0.1) is 0 Å². The van der Waals surface area contributed by atoms with Crippen molar-refractivity contribution in [1.29, 1.82) is 5.26 Å². The van der Waals surface area contributed by atoms with Gasteiger partial charge in [-0.05, 0) is 31.0 Å². The number of halogens is 4. The minimum absolute atomic E-state index is 0.173. The zero-order valence-electron chi connectivity index (χ0n) is 11.5. The molecule has 0 spiro atoms. The smallest absolute Gasteiger partial charge is 0.322 e. The molecule has 1 aromatic carbocycles. The quantitative estimate of drug-likeness (QED) is 0.851. The second-order valence-electron chi connectivity index (χ2n) is 4.55. The fraction of sp³-hybridized carbons (Fsp3) is 0.429. The Morgan fingerprint density at radius 3 is 2.29 bits per heavy atom. The molecule has 0 aliphatic heterocycles. The molecule has 0 saturated carbocycles. The fourth-order valence-corrected chi connectivity index (χ4v) is 1.82. The molecule has 0 radical (unpaired) electrons. The zero-order chi connectivity index (χ0) is 16.3. The molecule has 1 rings (SSSR count). The SMILES string of the molecule is CCC(C#N)(CC)C(=O)Nc1cc(C(F)(F)F)ccc1F. The van der Waals surface area contributed by atoms with Gasteiger partial charge >= 0.3 is 6.18 Å². The van der Waals surface area contributed by atoms with Gasteiger partial charge in [-0.3, -0.25) is 4.79 Å². The van der Waals surface area contributed by atoms with Gasteiger partial charge in [0, 0.05) is 0 Å². The highest BCUT2D eigenvalue weighted by molar-refractivity contribution is 5.97. The van der Waals surface area contributed by atoms with Crippen LogP contribution in [0.4, 0.5) is 23.2 Å². The summed E-state index contributed by atoms with van der Waals surface area (Å²) in [6.45, 7) is 3.21. The summed E-state index contributed by atoms with van der Waals surface area (Å²) in [6, 6.07) is 3.57. The van der Waals surface area contributed by atoms with E-state index >= 15 is 0 Å². The molecule has 21 heavy (non-hydrogen) atoms. The molecular formula is C14H14F4N2O. The summed E-state index contributed by atoms with van der Waals surface area (Å²) in [6.07, 6.45) is -4.30. The van der Waals surface area contributed by atoms with Crippen molar-refractivity contribution in [2.75, 3.05) is 5.32 Å². The lowest BCUT2D eigenvalue weighted by Gasteiger charge is -2.22. The van der Waals surface area contributed by atoms with E-state index in [-0.39, 0.29) is 12.8 Å². The average Bonchev–Trinajstić information content (AvgIpc) is 2.42. The van der Waals surface area contributed by atoms with E-state index in [1.807, 2.05) is 6.07 Å². The molecule has 1 amide bonds. The summed E-state index contributed by atoms with van der Waals surface area (Å²) >= 11 is 0. The van der Waals surface area contributed by atoms with E-state index in [9.17, 15) is 22.4 Å². The number of alkyl halides is 3. The van der Waals surface area contributed by atoms with Gasteiger partial charge in [-0.25, -0.2) is 4.39 Å². The number of nitrogens with zero attached hydrogens (tertiary/aromatic N) is 1. The van der Waals surface area contributed by atoms with Crippen LogP contribution >= 0.6 is 0 Å². The normalized spacial score (nSPS) is 11.9. The largest absolute Gasteiger partial charge is 0.416 e. The van der Waals surface area contributed by atoms with Gasteiger partial charge in [0.1, 0.15) is 11.2 Å². The molecular weight excluding hydrogens is 288 g/mol. The van der Waals surface area contributed by atoms with Crippen molar-refractivity contribution < 1.29 is 22.4 Å². The van der Waals surface area contributed by atoms with Crippen molar-refractivity contribution >= 4 is 11.6 Å². The van der Waals surface area contributed by atoms with Gasteiger partial charge in [0.15, 0.2) is 0 Å². The number of carbonyl (C=O) groups is 1. The third-order valence-electron chi connectivity index (χ3n) is 3.40. The number of nitrogens with one attached hydrogen (secondary N) is 1. The number of rotatable bonds is 4. The summed E-state index contributed by atoms with van der Waals surface area (Å²) in [5, 5.41) is 11.2. The number of nitriles is 1. The van der Waals surface area contributed by atoms with Crippen LogP contribution in [0.1, 0.15) is 32.3 Å². The molecule has 0 bridgehead atoms. The molecule has 3 nitrogen and oxygen atoms in total. The van der Waals surface area contributed by atoms with Crippen molar-refractivity contribution in [2.45, 2.75) is 32.9 Å². The highest BCUT2D eigenvalue weighted by atomic mass is 19.4. The first-order chi connectivity index (χ1) is 9.70. The standard InChI is InChI=1S/C14H14F4N2O/c1-3-13(4-2,8-19)12(21)20-11-7-9(14(16,17)18)5-6-10(11)15/h5-7H,3-4H2,1-2H3,(H,20,21). The van der Waals surface area contributed by atoms with E-state index in [1.165, 1.54) is 0 Å². The Hall–Kier alpha value is -2.10. The van der Waals surface area contributed by atoms with E-state index in [1.54, 1.807) is 13.8 Å². The number of benzene rings is 1. The molecule has 0 unspecified atom stereocenters. The summed E-state index contributed by atoms with van der Waals surface area (Å²) in [7, 11) is 0. The van der Waals surface area contributed by atoms with Crippen molar-refractivity contribution in [3.05, 3.63) is 29.6 Å². The number of carbonyl (C=O) groups excluding carboxylic acids is 1. The lowest BCUT2D eigenvalue weighted by Crippen LogP contribution is -2.34. The van der Waals surface area contributed by atoms with Crippen molar-refractivity contribution in [3.8, 4) is 6.07 Å². The minimum atomic E-state index is -4.64. The Bertz CT molecular complexity index is 571. The maximum absolute atomic E-state index is 13.6. The Morgan fingerprint density at radius 1 is 1.29 bits per heavy atom. The number of amides is 1. The van der Waals surface area contributed by atoms with Crippen LogP contribution in [0, 0.1) is 22.6 Å². The molecule has 0 saturated heterocycles. The first kappa shape index (κ1) is 17.0. The highest BCUT2D eigenvalue weighted by Crippen LogP contribution is 2.33. The Kier molecular flexibility index (Phi) is 4.94. The predicted octanol–water partition coefficient (Wildman–Crippen LogP) is 4.11. The molecule has 0 aliphatic carbocycles. The highest BCUT2D eigenvalue weighted by Gasteiger charge is 2.36. The average molecular weight is 302 g/mol. The Morgan fingerprint density at radius 2 is 1.86 bits per heavy atom. The summed E-state index contributed by atoms with van der Waals surface area (Å²) in [4.78, 5) is 12.1. The van der Waals surface area contributed by atoms with Gasteiger partial charge in [-0.1, -0.05) is 13.8 Å². The van der Waals surface area contributed by atoms with E-state index in [0.717, 1.165) is 0 Å². The fourth-order valence-electron chi connectivity index (χ4n) is 1.82. The molecule has 114 valence electrons. The van der Waals surface area contributed by atoms with Gasteiger partial charge in [-0.2, -0.15) is 18.4 Å². The number of hydrogen-bond donors (Lipinski definition) is 1. The van der Waals surface area contributed by atoms with Crippen LogP contribution in [0.25, 0.3) is 0 Å². The molecule has 0 aromatic heterocycles. The molecule has 1 aromatic rings. The third-order valence-corrected chi connectivity index (χ3v) is 3.40. The van der Waals surface area contributed by atoms with E-state index < -0.39 is 34.6 Å². The second-order valence-corrected chi connectivity index (χ2v) is 4.55. The van der Waals surface area contributed by atoms with Gasteiger partial charge < -0.3 is 5.32 Å². The van der Waals surface area contributed by atoms with Crippen LogP contribution in [-0.4, -0.2) is 5.91 Å². The molecule has 1 N–H and O–H groups in total. The summed E-state index contributed by atoms with van der Waals surface area (Å²) < 4.78 is 51.3. The van der Waals surface area contributed by atoms with E-state index in [4.69, 9.17) is 5.26 Å². The molecule has 0 fully saturated rings. The van der Waals surface area contributed by atoms with Gasteiger partial charge in [0.05, 0.1) is 17.3 Å². The van der Waals surface area contributed by atoms with Crippen molar-refractivity contribution in [3.63, 3.8) is 0 Å². The van der Waals surface area contributed by atoms with Crippen LogP contribution in [0.15, 0.2) is 18.2 Å². The monoisotopic (exact) mass is 302 g/mol. The number of hydrogen-bond acceptors (Lipinski definition) is 2. The zero-order valence-corrected chi connectivity index (χ0v) is 11.5. The van der Waals surface area contributed by atoms with Crippen LogP contribution < -0.4 is 5.32 Å². The third kappa shape index (κ3) is 3.51. The van der Waals surface area contributed by atoms with Crippen molar-refractivity contribution in [1.82, 2.24) is 0 Å². The molecule has 0 heterocycles. The van der Waals surface area contributed by atoms with E-state index in [0.29, 0.717) is 18.2 Å². The van der Waals surface area contributed by atoms with E-state index in [2.05, 4.69) is 5.32 Å². The summed E-state index contributed by atoms with van der Waals surface area (Å²) in [5.41, 5.74) is -3.05. The van der Waals surface area contributed by atoms with Crippen LogP contribution in [-0.2, 0) is 11.0 Å². The van der Waals surface area contributed by atoms with Gasteiger partial charge in [0.25, 0.3) is 0 Å². The lowest BCUT2D eigenvalue weighted by molar-refractivity contribution is -0.137. The summed E-state index contributed by atoms with van der Waals surface area (Å²) in [5.74, 6) is -1.80. The first-order valence-corrected chi connectivity index (χ1v) is 6.29. The lowest BCUT2D eigenvalue weighted by atomic mass is 9.83. The molecule has 0 aliphatic rings. The Balaban J connectivity index is 3.14.